The van der Waals surface area contributed by atoms with Gasteiger partial charge in [-0.2, -0.15) is 17.4 Å². The molecule has 1 heterocycles. The van der Waals surface area contributed by atoms with Crippen LogP contribution in [0.3, 0.4) is 0 Å². The van der Waals surface area contributed by atoms with Crippen molar-refractivity contribution in [3.8, 4) is 0 Å². The third-order valence-corrected chi connectivity index (χ3v) is 6.15. The molecule has 150 valence electrons. The summed E-state index contributed by atoms with van der Waals surface area (Å²) in [7, 11) is -4.09. The number of carbonyl (C=O) groups is 1. The zero-order chi connectivity index (χ0) is 21.5. The Labute approximate surface area is 170 Å². The van der Waals surface area contributed by atoms with Crippen LogP contribution in [0.5, 0.6) is 0 Å². The predicted octanol–water partition coefficient (Wildman–Crippen LogP) is 3.37. The molecule has 7 heteroatoms. The van der Waals surface area contributed by atoms with Crippen molar-refractivity contribution >= 4 is 27.2 Å². The number of allylic oxidation sites excluding steroid dienone is 3. The summed E-state index contributed by atoms with van der Waals surface area (Å²) in [6.07, 6.45) is 3.41. The van der Waals surface area contributed by atoms with Crippen molar-refractivity contribution in [1.82, 2.24) is 0 Å². The SMILES string of the molecule is CC1=C(C)C(O)=C([n+]2cc(C)cc(C)c2)C(=O)C1=NS(=O)(=O)c1ccc(C)cc1. The number of Topliss-reactive ketones (excluding diaryl/α,β-unsaturated/α-hetero) is 1. The highest BCUT2D eigenvalue weighted by atomic mass is 32.2. The zero-order valence-corrected chi connectivity index (χ0v) is 17.8. The van der Waals surface area contributed by atoms with E-state index in [0.29, 0.717) is 11.1 Å². The number of nitrogens with zero attached hydrogens (tertiary/aromatic N) is 2. The number of hydrogen-bond donors (Lipinski definition) is 1. The lowest BCUT2D eigenvalue weighted by Gasteiger charge is -2.16. The van der Waals surface area contributed by atoms with Crippen LogP contribution < -0.4 is 4.57 Å². The van der Waals surface area contributed by atoms with Gasteiger partial charge in [0.1, 0.15) is 5.71 Å². The highest BCUT2D eigenvalue weighted by Crippen LogP contribution is 2.26. The maximum Gasteiger partial charge on any atom is 0.303 e. The van der Waals surface area contributed by atoms with Gasteiger partial charge < -0.3 is 5.11 Å². The van der Waals surface area contributed by atoms with Crippen molar-refractivity contribution in [1.29, 1.82) is 0 Å². The lowest BCUT2D eigenvalue weighted by Crippen LogP contribution is -2.42. The standard InChI is InChI=1S/C22H22N2O4S/c1-13-6-8-18(9-7-13)29(27,28)23-19-16(4)17(5)21(25)20(22(19)26)24-11-14(2)10-15(3)12-24/h6-12H,1-5H3/p+1. The van der Waals surface area contributed by atoms with E-state index in [1.165, 1.54) is 16.7 Å². The van der Waals surface area contributed by atoms with Crippen molar-refractivity contribution in [3.05, 3.63) is 76.3 Å². The summed E-state index contributed by atoms with van der Waals surface area (Å²) in [5, 5.41) is 10.7. The molecule has 0 saturated carbocycles. The first kappa shape index (κ1) is 20.7. The minimum atomic E-state index is -4.09. The average molecular weight is 412 g/mol. The van der Waals surface area contributed by atoms with Gasteiger partial charge in [0, 0.05) is 16.7 Å². The van der Waals surface area contributed by atoms with Crippen LogP contribution in [0.15, 0.2) is 68.9 Å². The van der Waals surface area contributed by atoms with Gasteiger partial charge in [0.2, 0.25) is 0 Å². The Bertz CT molecular complexity index is 1200. The number of aliphatic hydroxyl groups is 1. The number of aromatic nitrogens is 1. The molecule has 1 aliphatic carbocycles. The van der Waals surface area contributed by atoms with E-state index in [0.717, 1.165) is 16.7 Å². The molecule has 0 atom stereocenters. The zero-order valence-electron chi connectivity index (χ0n) is 17.0. The van der Waals surface area contributed by atoms with Crippen LogP contribution in [0.1, 0.15) is 30.5 Å². The Balaban J connectivity index is 2.18. The second kappa shape index (κ2) is 7.40. The van der Waals surface area contributed by atoms with Gasteiger partial charge in [0.25, 0.3) is 15.8 Å². The Hall–Kier alpha value is -3.06. The molecule has 0 radical (unpaired) electrons. The van der Waals surface area contributed by atoms with Gasteiger partial charge in [0.05, 0.1) is 4.90 Å². The summed E-state index contributed by atoms with van der Waals surface area (Å²) in [5.74, 6) is -0.828. The molecule has 0 bridgehead atoms. The average Bonchev–Trinajstić information content (AvgIpc) is 2.63. The maximum absolute atomic E-state index is 13.2. The normalized spacial score (nSPS) is 16.7. The van der Waals surface area contributed by atoms with E-state index in [9.17, 15) is 18.3 Å². The number of benzene rings is 1. The fourth-order valence-electron chi connectivity index (χ4n) is 3.19. The number of aryl methyl sites for hydroxylation is 3. The molecule has 0 spiro atoms. The molecule has 1 aromatic heterocycles. The molecule has 0 aliphatic heterocycles. The Kier molecular flexibility index (Phi) is 5.28. The molecule has 2 aromatic rings. The number of aliphatic hydroxyl groups excluding tert-OH is 1. The van der Waals surface area contributed by atoms with Gasteiger partial charge in [-0.1, -0.05) is 17.7 Å². The minimum absolute atomic E-state index is 0.00762. The summed E-state index contributed by atoms with van der Waals surface area (Å²) in [4.78, 5) is 13.2. The topological polar surface area (TPSA) is 87.7 Å². The number of ketones is 1. The largest absolute Gasteiger partial charge is 0.502 e. The van der Waals surface area contributed by atoms with Gasteiger partial charge in [-0.05, 0) is 58.4 Å². The Morgan fingerprint density at radius 3 is 1.97 bits per heavy atom. The third-order valence-electron chi connectivity index (χ3n) is 4.86. The number of hydrogen-bond acceptors (Lipinski definition) is 4. The summed E-state index contributed by atoms with van der Waals surface area (Å²) in [6, 6.07) is 8.20. The van der Waals surface area contributed by atoms with E-state index < -0.39 is 15.8 Å². The van der Waals surface area contributed by atoms with Crippen LogP contribution >= 0.6 is 0 Å². The number of carbonyl (C=O) groups excluding carboxylic acids is 1. The van der Waals surface area contributed by atoms with Gasteiger partial charge in [0.15, 0.2) is 18.2 Å². The fourth-order valence-corrected chi connectivity index (χ4v) is 4.24. The van der Waals surface area contributed by atoms with Gasteiger partial charge in [-0.15, -0.1) is 0 Å². The molecule has 1 aliphatic rings. The van der Waals surface area contributed by atoms with Gasteiger partial charge in [-0.3, -0.25) is 4.79 Å². The van der Waals surface area contributed by atoms with E-state index in [-0.39, 0.29) is 22.1 Å². The van der Waals surface area contributed by atoms with E-state index >= 15 is 0 Å². The summed E-state index contributed by atoms with van der Waals surface area (Å²) < 4.78 is 31.0. The first-order chi connectivity index (χ1) is 13.5. The van der Waals surface area contributed by atoms with Crippen LogP contribution in [-0.2, 0) is 14.8 Å². The fraction of sp³-hybridized carbons (Fsp3) is 0.227. The second-order valence-electron chi connectivity index (χ2n) is 7.30. The molecular weight excluding hydrogens is 388 g/mol. The Morgan fingerprint density at radius 1 is 0.862 bits per heavy atom. The highest BCUT2D eigenvalue weighted by Gasteiger charge is 2.38. The molecule has 0 saturated heterocycles. The van der Waals surface area contributed by atoms with E-state index in [1.54, 1.807) is 38.4 Å². The lowest BCUT2D eigenvalue weighted by molar-refractivity contribution is -0.579. The first-order valence-electron chi connectivity index (χ1n) is 9.09. The number of sulfonamides is 1. The third kappa shape index (κ3) is 3.91. The summed E-state index contributed by atoms with van der Waals surface area (Å²) in [6.45, 7) is 8.81. The molecule has 6 nitrogen and oxygen atoms in total. The molecule has 0 fully saturated rings. The lowest BCUT2D eigenvalue weighted by atomic mass is 9.92. The van der Waals surface area contributed by atoms with Crippen LogP contribution in [0.25, 0.3) is 5.70 Å². The smallest absolute Gasteiger partial charge is 0.303 e. The molecule has 0 unspecified atom stereocenters. The van der Waals surface area contributed by atoms with E-state index in [2.05, 4.69) is 4.40 Å². The predicted molar refractivity (Wildman–Crippen MR) is 111 cm³/mol. The monoisotopic (exact) mass is 411 g/mol. The minimum Gasteiger partial charge on any atom is -0.502 e. The highest BCUT2D eigenvalue weighted by molar-refractivity contribution is 7.90. The van der Waals surface area contributed by atoms with Crippen molar-refractivity contribution in [3.63, 3.8) is 0 Å². The summed E-state index contributed by atoms with van der Waals surface area (Å²) >= 11 is 0. The molecule has 3 rings (SSSR count). The van der Waals surface area contributed by atoms with Crippen molar-refractivity contribution in [2.45, 2.75) is 39.5 Å². The van der Waals surface area contributed by atoms with Gasteiger partial charge in [-0.25, -0.2) is 0 Å². The Morgan fingerprint density at radius 2 is 1.41 bits per heavy atom. The van der Waals surface area contributed by atoms with Gasteiger partial charge >= 0.3 is 5.70 Å². The van der Waals surface area contributed by atoms with E-state index in [1.807, 2.05) is 26.8 Å². The molecular formula is C22H23N2O4S+. The van der Waals surface area contributed by atoms with E-state index in [4.69, 9.17) is 0 Å². The van der Waals surface area contributed by atoms with Crippen molar-refractivity contribution in [2.24, 2.45) is 4.40 Å². The molecule has 29 heavy (non-hydrogen) atoms. The molecule has 0 amide bonds. The number of rotatable bonds is 3. The molecule has 1 N–H and O–H groups in total. The van der Waals surface area contributed by atoms with Crippen LogP contribution in [0, 0.1) is 20.8 Å². The van der Waals surface area contributed by atoms with Crippen LogP contribution in [0.4, 0.5) is 0 Å². The number of pyridine rings is 1. The molecule has 1 aromatic carbocycles. The van der Waals surface area contributed by atoms with Crippen LogP contribution in [-0.4, -0.2) is 25.0 Å². The second-order valence-corrected chi connectivity index (χ2v) is 8.91. The summed E-state index contributed by atoms with van der Waals surface area (Å²) in [5.41, 5.74) is 3.24. The van der Waals surface area contributed by atoms with Crippen molar-refractivity contribution < 1.29 is 22.9 Å². The van der Waals surface area contributed by atoms with Crippen LogP contribution in [0.2, 0.25) is 0 Å². The maximum atomic E-state index is 13.2. The quantitative estimate of drug-likeness (QED) is 0.620. The van der Waals surface area contributed by atoms with Crippen molar-refractivity contribution in [2.75, 3.05) is 0 Å². The first-order valence-corrected chi connectivity index (χ1v) is 10.5.